The molecule has 1 aliphatic heterocycles. The number of aryl methyl sites for hydroxylation is 2. The average molecular weight is 511 g/mol. The van der Waals surface area contributed by atoms with E-state index < -0.39 is 0 Å². The lowest BCUT2D eigenvalue weighted by Crippen LogP contribution is -2.38. The summed E-state index contributed by atoms with van der Waals surface area (Å²) >= 11 is 0. The molecule has 0 unspecified atom stereocenters. The zero-order valence-electron chi connectivity index (χ0n) is 17.3. The van der Waals surface area contributed by atoms with Gasteiger partial charge >= 0.3 is 0 Å². The van der Waals surface area contributed by atoms with Crippen LogP contribution < -0.4 is 15.5 Å². The van der Waals surface area contributed by atoms with Gasteiger partial charge in [-0.2, -0.15) is 0 Å². The van der Waals surface area contributed by atoms with Gasteiger partial charge in [-0.15, -0.1) is 24.0 Å². The maximum Gasteiger partial charge on any atom is 0.227 e. The zero-order valence-corrected chi connectivity index (χ0v) is 19.7. The Morgan fingerprint density at radius 3 is 2.59 bits per heavy atom. The number of nitrogens with zero attached hydrogens (tertiary/aromatic N) is 3. The first-order valence-electron chi connectivity index (χ1n) is 9.91. The first-order chi connectivity index (χ1) is 13.6. The summed E-state index contributed by atoms with van der Waals surface area (Å²) in [6, 6.07) is 8.09. The van der Waals surface area contributed by atoms with Crippen molar-refractivity contribution in [1.82, 2.24) is 15.8 Å². The monoisotopic (exact) mass is 511 g/mol. The largest absolute Gasteiger partial charge is 0.361 e. The normalized spacial score (nSPS) is 14.1. The van der Waals surface area contributed by atoms with Gasteiger partial charge in [-0.1, -0.05) is 17.3 Å². The minimum absolute atomic E-state index is 0. The molecule has 3 rings (SSSR count). The van der Waals surface area contributed by atoms with Crippen LogP contribution in [0.25, 0.3) is 0 Å². The summed E-state index contributed by atoms with van der Waals surface area (Å²) in [6.07, 6.45) is 2.43. The van der Waals surface area contributed by atoms with Gasteiger partial charge < -0.3 is 20.1 Å². The molecule has 2 heterocycles. The summed E-state index contributed by atoms with van der Waals surface area (Å²) in [5, 5.41) is 10.6. The summed E-state index contributed by atoms with van der Waals surface area (Å²) < 4.78 is 5.21. The molecule has 1 aliphatic rings. The van der Waals surface area contributed by atoms with Crippen LogP contribution in [0.1, 0.15) is 42.3 Å². The van der Waals surface area contributed by atoms with E-state index in [4.69, 9.17) is 4.52 Å². The van der Waals surface area contributed by atoms with Gasteiger partial charge in [0.15, 0.2) is 5.96 Å². The molecule has 0 spiro atoms. The number of anilines is 1. The van der Waals surface area contributed by atoms with Crippen LogP contribution in [0.2, 0.25) is 0 Å². The van der Waals surface area contributed by atoms with Crippen LogP contribution in [0.4, 0.5) is 5.69 Å². The second kappa shape index (κ2) is 11.2. The Bertz CT molecular complexity index is 813. The first kappa shape index (κ1) is 23.2. The smallest absolute Gasteiger partial charge is 0.227 e. The molecule has 29 heavy (non-hydrogen) atoms. The number of hydrogen-bond acceptors (Lipinski definition) is 4. The number of carbonyl (C=O) groups excluding carboxylic acids is 1. The van der Waals surface area contributed by atoms with Crippen molar-refractivity contribution < 1.29 is 9.32 Å². The Balaban J connectivity index is 0.00000300. The highest BCUT2D eigenvalue weighted by atomic mass is 127. The van der Waals surface area contributed by atoms with Crippen molar-refractivity contribution in [2.75, 3.05) is 24.5 Å². The van der Waals surface area contributed by atoms with Gasteiger partial charge in [0, 0.05) is 37.3 Å². The van der Waals surface area contributed by atoms with Crippen LogP contribution in [-0.4, -0.2) is 36.7 Å². The molecule has 2 N–H and O–H groups in total. The fourth-order valence-electron chi connectivity index (χ4n) is 3.38. The Morgan fingerprint density at radius 1 is 1.24 bits per heavy atom. The second-order valence-corrected chi connectivity index (χ2v) is 6.99. The molecule has 0 radical (unpaired) electrons. The minimum Gasteiger partial charge on any atom is -0.361 e. The quantitative estimate of drug-likeness (QED) is 0.339. The van der Waals surface area contributed by atoms with Crippen LogP contribution in [-0.2, 0) is 17.8 Å². The number of hydrogen-bond donors (Lipinski definition) is 2. The molecule has 158 valence electrons. The summed E-state index contributed by atoms with van der Waals surface area (Å²) in [6.45, 7) is 8.90. The van der Waals surface area contributed by atoms with E-state index in [1.54, 1.807) is 0 Å². The van der Waals surface area contributed by atoms with E-state index in [1.807, 2.05) is 49.9 Å². The van der Waals surface area contributed by atoms with Crippen molar-refractivity contribution in [1.29, 1.82) is 0 Å². The maximum atomic E-state index is 11.9. The van der Waals surface area contributed by atoms with E-state index in [1.165, 1.54) is 0 Å². The first-order valence-corrected chi connectivity index (χ1v) is 9.91. The molecule has 0 atom stereocenters. The maximum absolute atomic E-state index is 11.9. The topological polar surface area (TPSA) is 82.8 Å². The fourth-order valence-corrected chi connectivity index (χ4v) is 3.38. The molecule has 8 heteroatoms. The van der Waals surface area contributed by atoms with E-state index >= 15 is 0 Å². The molecule has 1 amide bonds. The Morgan fingerprint density at radius 2 is 2.00 bits per heavy atom. The number of nitrogens with one attached hydrogen (secondary N) is 2. The lowest BCUT2D eigenvalue weighted by atomic mass is 10.1. The molecule has 0 aliphatic carbocycles. The number of halogens is 1. The van der Waals surface area contributed by atoms with Gasteiger partial charge in [0.2, 0.25) is 5.91 Å². The van der Waals surface area contributed by atoms with Gasteiger partial charge in [0.25, 0.3) is 0 Å². The number of aromatic nitrogens is 1. The number of rotatable bonds is 7. The van der Waals surface area contributed by atoms with Crippen molar-refractivity contribution in [2.45, 2.75) is 46.6 Å². The molecule has 2 aromatic rings. The number of amides is 1. The zero-order chi connectivity index (χ0) is 19.9. The molecule has 0 bridgehead atoms. The standard InChI is InChI=1S/C21H29N5O2.HI/c1-4-22-21(23-12-11-19-15(2)25-28-16(19)3)24-14-17-7-9-18(10-8-17)26-13-5-6-20(26)27;/h7-10H,4-6,11-14H2,1-3H3,(H2,22,23,24);1H. The van der Waals surface area contributed by atoms with Crippen LogP contribution in [0.5, 0.6) is 0 Å². The van der Waals surface area contributed by atoms with E-state index in [0.29, 0.717) is 13.0 Å². The highest BCUT2D eigenvalue weighted by Gasteiger charge is 2.21. The molecule has 7 nitrogen and oxygen atoms in total. The Labute approximate surface area is 189 Å². The molecule has 1 fully saturated rings. The summed E-state index contributed by atoms with van der Waals surface area (Å²) in [7, 11) is 0. The highest BCUT2D eigenvalue weighted by molar-refractivity contribution is 14.0. The number of benzene rings is 1. The number of carbonyl (C=O) groups is 1. The number of aliphatic imine (C=N–C) groups is 1. The van der Waals surface area contributed by atoms with Gasteiger partial charge in [-0.25, -0.2) is 4.99 Å². The van der Waals surface area contributed by atoms with Crippen LogP contribution in [0.15, 0.2) is 33.8 Å². The minimum atomic E-state index is 0. The number of guanidine groups is 1. The van der Waals surface area contributed by atoms with Crippen molar-refractivity contribution >= 4 is 41.5 Å². The third-order valence-electron chi connectivity index (χ3n) is 4.93. The summed E-state index contributed by atoms with van der Waals surface area (Å²) in [5.74, 6) is 1.87. The lowest BCUT2D eigenvalue weighted by molar-refractivity contribution is -0.117. The van der Waals surface area contributed by atoms with Gasteiger partial charge in [0.1, 0.15) is 5.76 Å². The van der Waals surface area contributed by atoms with Crippen LogP contribution >= 0.6 is 24.0 Å². The summed E-state index contributed by atoms with van der Waals surface area (Å²) in [4.78, 5) is 18.4. The second-order valence-electron chi connectivity index (χ2n) is 6.99. The van der Waals surface area contributed by atoms with E-state index in [-0.39, 0.29) is 29.9 Å². The SMILES string of the molecule is CCNC(=NCc1ccc(N2CCCC2=O)cc1)NCCc1c(C)noc1C.I. The highest BCUT2D eigenvalue weighted by Crippen LogP contribution is 2.21. The fraction of sp³-hybridized carbons (Fsp3) is 0.476. The Hall–Kier alpha value is -2.10. The van der Waals surface area contributed by atoms with Gasteiger partial charge in [-0.05, 0) is 51.3 Å². The van der Waals surface area contributed by atoms with Crippen LogP contribution in [0, 0.1) is 13.8 Å². The van der Waals surface area contributed by atoms with E-state index in [0.717, 1.165) is 66.7 Å². The predicted octanol–water partition coefficient (Wildman–Crippen LogP) is 3.33. The molecular formula is C21H30IN5O2. The predicted molar refractivity (Wildman–Crippen MR) is 126 cm³/mol. The molecule has 1 aromatic carbocycles. The third kappa shape index (κ3) is 6.19. The van der Waals surface area contributed by atoms with Gasteiger partial charge in [-0.3, -0.25) is 4.79 Å². The molecular weight excluding hydrogens is 481 g/mol. The van der Waals surface area contributed by atoms with Crippen LogP contribution in [0.3, 0.4) is 0 Å². The molecule has 1 saturated heterocycles. The van der Waals surface area contributed by atoms with Crippen molar-refractivity contribution in [3.05, 3.63) is 46.8 Å². The van der Waals surface area contributed by atoms with E-state index in [9.17, 15) is 4.79 Å². The van der Waals surface area contributed by atoms with Crippen molar-refractivity contribution in [2.24, 2.45) is 4.99 Å². The molecule has 0 saturated carbocycles. The molecule has 1 aromatic heterocycles. The van der Waals surface area contributed by atoms with E-state index in [2.05, 4.69) is 20.8 Å². The van der Waals surface area contributed by atoms with Gasteiger partial charge in [0.05, 0.1) is 12.2 Å². The lowest BCUT2D eigenvalue weighted by Gasteiger charge is -2.16. The average Bonchev–Trinajstić information content (AvgIpc) is 3.26. The summed E-state index contributed by atoms with van der Waals surface area (Å²) in [5.41, 5.74) is 4.17. The Kier molecular flexibility index (Phi) is 8.94. The van der Waals surface area contributed by atoms with Crippen molar-refractivity contribution in [3.63, 3.8) is 0 Å². The van der Waals surface area contributed by atoms with Crippen molar-refractivity contribution in [3.8, 4) is 0 Å². The third-order valence-corrected chi connectivity index (χ3v) is 4.93.